The summed E-state index contributed by atoms with van der Waals surface area (Å²) in [7, 11) is 1.48. The maximum atomic E-state index is 11.1. The van der Waals surface area contributed by atoms with Crippen molar-refractivity contribution in [2.45, 2.75) is 40.7 Å². The molecular weight excluding hydrogens is 507 g/mol. The summed E-state index contributed by atoms with van der Waals surface area (Å²) in [6.45, 7) is 9.89. The van der Waals surface area contributed by atoms with Crippen molar-refractivity contribution in [3.63, 3.8) is 0 Å². The minimum atomic E-state index is -1.05. The number of methoxy groups -OCH3 is 1. The summed E-state index contributed by atoms with van der Waals surface area (Å²) in [5.41, 5.74) is 3.97. The Morgan fingerprint density at radius 1 is 0.886 bits per heavy atom. The van der Waals surface area contributed by atoms with Crippen LogP contribution >= 0.6 is 34.8 Å². The first-order valence-electron chi connectivity index (χ1n) is 11.2. The molecule has 0 saturated heterocycles. The molecule has 1 atom stereocenters. The average molecular weight is 536 g/mol. The van der Waals surface area contributed by atoms with Gasteiger partial charge in [-0.2, -0.15) is 5.10 Å². The van der Waals surface area contributed by atoms with Gasteiger partial charge in [-0.15, -0.1) is 0 Å². The molecule has 1 unspecified atom stereocenters. The molecule has 0 amide bonds. The lowest BCUT2D eigenvalue weighted by atomic mass is 10.0. The van der Waals surface area contributed by atoms with Crippen LogP contribution < -0.4 is 4.74 Å². The fourth-order valence-corrected chi connectivity index (χ4v) is 3.89. The van der Waals surface area contributed by atoms with E-state index in [4.69, 9.17) is 44.6 Å². The highest BCUT2D eigenvalue weighted by molar-refractivity contribution is 6.35. The van der Waals surface area contributed by atoms with E-state index < -0.39 is 6.10 Å². The van der Waals surface area contributed by atoms with Crippen molar-refractivity contribution in [1.82, 2.24) is 19.7 Å². The number of aliphatic hydroxyl groups excluding tert-OH is 1. The molecule has 0 bridgehead atoms. The fourth-order valence-electron chi connectivity index (χ4n) is 3.28. The summed E-state index contributed by atoms with van der Waals surface area (Å²) >= 11 is 18.6. The molecule has 0 spiro atoms. The van der Waals surface area contributed by atoms with E-state index in [1.165, 1.54) is 19.5 Å². The van der Waals surface area contributed by atoms with E-state index in [9.17, 15) is 5.11 Å². The molecule has 4 aromatic rings. The third kappa shape index (κ3) is 6.53. The molecule has 2 aromatic carbocycles. The standard InChI is InChI=1S/C22H17Cl3N4O2.2C2H6/c1-12-19(21(30)14-10-26-22(31-2)27-11-14)28-29(18-8-7-16(24)9-17(18)25)20(12)13-3-5-15(23)6-4-13;2*1-2/h3-11,21,30H,1-2H3;2*1-2H3. The number of hydrogen-bond acceptors (Lipinski definition) is 5. The Balaban J connectivity index is 0.00000103. The Labute approximate surface area is 221 Å². The molecule has 0 fully saturated rings. The highest BCUT2D eigenvalue weighted by atomic mass is 35.5. The number of nitrogens with zero attached hydrogens (tertiary/aromatic N) is 4. The monoisotopic (exact) mass is 534 g/mol. The van der Waals surface area contributed by atoms with Crippen LogP contribution in [0, 0.1) is 6.92 Å². The van der Waals surface area contributed by atoms with Crippen molar-refractivity contribution < 1.29 is 9.84 Å². The number of aromatic nitrogens is 4. The van der Waals surface area contributed by atoms with Gasteiger partial charge in [0.25, 0.3) is 0 Å². The molecule has 2 heterocycles. The fraction of sp³-hybridized carbons (Fsp3) is 0.269. The third-order valence-electron chi connectivity index (χ3n) is 4.82. The van der Waals surface area contributed by atoms with E-state index in [0.29, 0.717) is 32.0 Å². The molecule has 0 aliphatic carbocycles. The van der Waals surface area contributed by atoms with Gasteiger partial charge >= 0.3 is 6.01 Å². The molecular formula is C26H29Cl3N4O2. The van der Waals surface area contributed by atoms with E-state index in [2.05, 4.69) is 9.97 Å². The van der Waals surface area contributed by atoms with Crippen molar-refractivity contribution in [3.05, 3.63) is 86.7 Å². The van der Waals surface area contributed by atoms with Crippen LogP contribution in [0.2, 0.25) is 15.1 Å². The number of aliphatic hydroxyl groups is 1. The molecule has 35 heavy (non-hydrogen) atoms. The highest BCUT2D eigenvalue weighted by Crippen LogP contribution is 2.36. The summed E-state index contributed by atoms with van der Waals surface area (Å²) in [6.07, 6.45) is 1.96. The lowest BCUT2D eigenvalue weighted by molar-refractivity contribution is 0.212. The van der Waals surface area contributed by atoms with E-state index in [1.54, 1.807) is 35.0 Å². The van der Waals surface area contributed by atoms with E-state index in [0.717, 1.165) is 16.8 Å². The van der Waals surface area contributed by atoms with Crippen molar-refractivity contribution >= 4 is 34.8 Å². The number of hydrogen-bond donors (Lipinski definition) is 1. The Bertz CT molecular complexity index is 1230. The minimum Gasteiger partial charge on any atom is -0.467 e. The Morgan fingerprint density at radius 2 is 1.46 bits per heavy atom. The van der Waals surface area contributed by atoms with Gasteiger partial charge in [0.15, 0.2) is 0 Å². The summed E-state index contributed by atoms with van der Waals surface area (Å²) in [5, 5.41) is 17.3. The Morgan fingerprint density at radius 3 is 2.00 bits per heavy atom. The topological polar surface area (TPSA) is 73.1 Å². The van der Waals surface area contributed by atoms with Crippen LogP contribution in [0.3, 0.4) is 0 Å². The third-order valence-corrected chi connectivity index (χ3v) is 5.61. The molecule has 0 aliphatic heterocycles. The molecule has 1 N–H and O–H groups in total. The molecule has 9 heteroatoms. The highest BCUT2D eigenvalue weighted by Gasteiger charge is 2.25. The molecule has 2 aromatic heterocycles. The number of halogens is 3. The lowest BCUT2D eigenvalue weighted by Crippen LogP contribution is -2.05. The van der Waals surface area contributed by atoms with Crippen molar-refractivity contribution in [3.8, 4) is 23.0 Å². The van der Waals surface area contributed by atoms with Crippen molar-refractivity contribution in [2.24, 2.45) is 0 Å². The summed E-state index contributed by atoms with van der Waals surface area (Å²) in [6, 6.07) is 12.7. The number of rotatable bonds is 5. The van der Waals surface area contributed by atoms with Gasteiger partial charge in [-0.25, -0.2) is 14.6 Å². The van der Waals surface area contributed by atoms with Crippen molar-refractivity contribution in [1.29, 1.82) is 0 Å². The maximum Gasteiger partial charge on any atom is 0.316 e. The second-order valence-corrected chi connectivity index (χ2v) is 8.06. The normalized spacial score (nSPS) is 11.0. The first-order valence-corrected chi connectivity index (χ1v) is 12.4. The van der Waals surface area contributed by atoms with Gasteiger partial charge in [0, 0.05) is 39.1 Å². The van der Waals surface area contributed by atoms with Crippen LogP contribution in [0.1, 0.15) is 50.6 Å². The van der Waals surface area contributed by atoms with Crippen LogP contribution in [0.4, 0.5) is 0 Å². The summed E-state index contributed by atoms with van der Waals surface area (Å²) in [4.78, 5) is 8.15. The zero-order valence-electron chi connectivity index (χ0n) is 20.6. The van der Waals surface area contributed by atoms with Crippen LogP contribution in [0.25, 0.3) is 16.9 Å². The van der Waals surface area contributed by atoms with E-state index in [-0.39, 0.29) is 6.01 Å². The predicted molar refractivity (Wildman–Crippen MR) is 144 cm³/mol. The lowest BCUT2D eigenvalue weighted by Gasteiger charge is -2.11. The average Bonchev–Trinajstić information content (AvgIpc) is 3.23. The largest absolute Gasteiger partial charge is 0.467 e. The number of benzene rings is 2. The van der Waals surface area contributed by atoms with Gasteiger partial charge in [0.05, 0.1) is 29.2 Å². The van der Waals surface area contributed by atoms with Gasteiger partial charge in [-0.1, -0.05) is 74.6 Å². The zero-order valence-corrected chi connectivity index (χ0v) is 22.8. The van der Waals surface area contributed by atoms with Crippen LogP contribution in [0.5, 0.6) is 6.01 Å². The van der Waals surface area contributed by atoms with Crippen molar-refractivity contribution in [2.75, 3.05) is 7.11 Å². The first kappa shape index (κ1) is 28.6. The first-order chi connectivity index (χ1) is 16.9. The quantitative estimate of drug-likeness (QED) is 0.283. The minimum absolute atomic E-state index is 0.216. The van der Waals surface area contributed by atoms with E-state index in [1.807, 2.05) is 46.8 Å². The zero-order chi connectivity index (χ0) is 26.1. The second-order valence-electron chi connectivity index (χ2n) is 6.78. The molecule has 0 radical (unpaired) electrons. The van der Waals surface area contributed by atoms with E-state index >= 15 is 0 Å². The van der Waals surface area contributed by atoms with Crippen LogP contribution in [-0.4, -0.2) is 32.0 Å². The molecule has 0 aliphatic rings. The number of ether oxygens (including phenoxy) is 1. The van der Waals surface area contributed by atoms with Crippen LogP contribution in [-0.2, 0) is 0 Å². The van der Waals surface area contributed by atoms with Gasteiger partial charge in [0.2, 0.25) is 0 Å². The maximum absolute atomic E-state index is 11.1. The smallest absolute Gasteiger partial charge is 0.316 e. The molecule has 0 saturated carbocycles. The second kappa shape index (κ2) is 13.4. The summed E-state index contributed by atoms with van der Waals surface area (Å²) in [5.74, 6) is 0. The van der Waals surface area contributed by atoms with Gasteiger partial charge in [0.1, 0.15) is 6.10 Å². The van der Waals surface area contributed by atoms with Gasteiger partial charge in [-0.05, 0) is 37.3 Å². The Hall–Kier alpha value is -2.64. The SMILES string of the molecule is CC.CC.COc1ncc(C(O)c2nn(-c3ccc(Cl)cc3Cl)c(-c3ccc(Cl)cc3)c2C)cn1. The molecule has 6 nitrogen and oxygen atoms in total. The van der Waals surface area contributed by atoms with Gasteiger partial charge < -0.3 is 9.84 Å². The van der Waals surface area contributed by atoms with Crippen LogP contribution in [0.15, 0.2) is 54.9 Å². The predicted octanol–water partition coefficient (Wildman–Crippen LogP) is 7.74. The van der Waals surface area contributed by atoms with Gasteiger partial charge in [-0.3, -0.25) is 0 Å². The molecule has 4 rings (SSSR count). The summed E-state index contributed by atoms with van der Waals surface area (Å²) < 4.78 is 6.68. The molecule has 186 valence electrons. The Kier molecular flexibility index (Phi) is 11.0.